The van der Waals surface area contributed by atoms with Crippen LogP contribution < -0.4 is 10.6 Å². The van der Waals surface area contributed by atoms with Crippen LogP contribution in [0.2, 0.25) is 0 Å². The van der Waals surface area contributed by atoms with Crippen LogP contribution in [0.4, 0.5) is 6.01 Å². The highest BCUT2D eigenvalue weighted by atomic mass is 16.5. The zero-order valence-electron chi connectivity index (χ0n) is 14.9. The minimum atomic E-state index is -0.404. The monoisotopic (exact) mass is 339 g/mol. The van der Waals surface area contributed by atoms with E-state index >= 15 is 0 Å². The fourth-order valence-electron chi connectivity index (χ4n) is 2.77. The van der Waals surface area contributed by atoms with Gasteiger partial charge >= 0.3 is 5.97 Å². The van der Waals surface area contributed by atoms with Crippen LogP contribution >= 0.6 is 0 Å². The summed E-state index contributed by atoms with van der Waals surface area (Å²) < 4.78 is 16.6. The van der Waals surface area contributed by atoms with E-state index in [0.29, 0.717) is 37.0 Å². The molecule has 0 amide bonds. The summed E-state index contributed by atoms with van der Waals surface area (Å²) in [7, 11) is 1.66. The minimum Gasteiger partial charge on any atom is -0.461 e. The number of carbonyl (C=O) groups is 1. The Bertz CT molecular complexity index is 532. The van der Waals surface area contributed by atoms with Crippen LogP contribution in [-0.2, 0) is 15.9 Å². The zero-order valence-corrected chi connectivity index (χ0v) is 14.9. The Hall–Kier alpha value is -1.60. The predicted octanol–water partition coefficient (Wildman–Crippen LogP) is 2.14. The average Bonchev–Trinajstić information content (AvgIpc) is 3.00. The fourth-order valence-corrected chi connectivity index (χ4v) is 2.77. The molecule has 1 fully saturated rings. The van der Waals surface area contributed by atoms with E-state index in [4.69, 9.17) is 19.6 Å². The highest BCUT2D eigenvalue weighted by Gasteiger charge is 2.31. The average molecular weight is 339 g/mol. The summed E-state index contributed by atoms with van der Waals surface area (Å²) in [6.45, 7) is 5.84. The maximum atomic E-state index is 12.3. The molecule has 0 radical (unpaired) electrons. The van der Waals surface area contributed by atoms with E-state index in [0.717, 1.165) is 32.2 Å². The van der Waals surface area contributed by atoms with Gasteiger partial charge in [0, 0.05) is 26.1 Å². The van der Waals surface area contributed by atoms with Gasteiger partial charge in [-0.25, -0.2) is 4.79 Å². The zero-order chi connectivity index (χ0) is 17.5. The van der Waals surface area contributed by atoms with E-state index in [2.05, 4.69) is 11.9 Å². The first kappa shape index (κ1) is 18.7. The number of nitrogens with zero attached hydrogens (tertiary/aromatic N) is 2. The summed E-state index contributed by atoms with van der Waals surface area (Å²) in [5.74, 6) is 0.191. The lowest BCUT2D eigenvalue weighted by atomic mass is 10.0. The van der Waals surface area contributed by atoms with Gasteiger partial charge in [0.2, 0.25) is 0 Å². The van der Waals surface area contributed by atoms with E-state index in [1.165, 1.54) is 0 Å². The van der Waals surface area contributed by atoms with Gasteiger partial charge in [0.25, 0.3) is 6.01 Å². The second-order valence-electron chi connectivity index (χ2n) is 6.18. The van der Waals surface area contributed by atoms with Crippen LogP contribution in [0, 0.1) is 0 Å². The number of oxazole rings is 1. The van der Waals surface area contributed by atoms with Crippen LogP contribution in [0.25, 0.3) is 0 Å². The van der Waals surface area contributed by atoms with Crippen molar-refractivity contribution in [2.24, 2.45) is 5.73 Å². The molecule has 0 aliphatic carbocycles. The lowest BCUT2D eigenvalue weighted by Gasteiger charge is -2.34. The summed E-state index contributed by atoms with van der Waals surface area (Å²) in [5.41, 5.74) is 6.35. The molecule has 2 N–H and O–H groups in total. The number of unbranched alkanes of at least 4 members (excludes halogenated alkanes) is 1. The topological polar surface area (TPSA) is 90.8 Å². The summed E-state index contributed by atoms with van der Waals surface area (Å²) in [4.78, 5) is 18.7. The Kier molecular flexibility index (Phi) is 7.05. The highest BCUT2D eigenvalue weighted by molar-refractivity contribution is 5.88. The lowest BCUT2D eigenvalue weighted by molar-refractivity contribution is 0.0491. The number of hydrogen-bond acceptors (Lipinski definition) is 7. The van der Waals surface area contributed by atoms with Crippen molar-refractivity contribution >= 4 is 12.0 Å². The number of nitrogens with two attached hydrogens (primary N) is 1. The summed E-state index contributed by atoms with van der Waals surface area (Å²) in [6, 6.07) is 0.463. The summed E-state index contributed by atoms with van der Waals surface area (Å²) >= 11 is 0. The Morgan fingerprint density at radius 3 is 2.88 bits per heavy atom. The predicted molar refractivity (Wildman–Crippen MR) is 91.3 cm³/mol. The van der Waals surface area contributed by atoms with E-state index in [-0.39, 0.29) is 12.1 Å². The van der Waals surface area contributed by atoms with Crippen LogP contribution in [0.1, 0.15) is 55.8 Å². The number of aromatic nitrogens is 1. The molecule has 24 heavy (non-hydrogen) atoms. The second-order valence-corrected chi connectivity index (χ2v) is 6.18. The van der Waals surface area contributed by atoms with Crippen molar-refractivity contribution in [3.05, 3.63) is 11.5 Å². The van der Waals surface area contributed by atoms with Gasteiger partial charge in [-0.3, -0.25) is 0 Å². The maximum absolute atomic E-state index is 12.3. The van der Waals surface area contributed by atoms with Crippen LogP contribution in [-0.4, -0.2) is 49.9 Å². The third kappa shape index (κ3) is 4.48. The van der Waals surface area contributed by atoms with E-state index in [9.17, 15) is 4.79 Å². The van der Waals surface area contributed by atoms with Gasteiger partial charge < -0.3 is 24.5 Å². The first-order valence-corrected chi connectivity index (χ1v) is 8.80. The Morgan fingerprint density at radius 2 is 2.21 bits per heavy atom. The van der Waals surface area contributed by atoms with Crippen LogP contribution in [0.3, 0.4) is 0 Å². The van der Waals surface area contributed by atoms with Crippen LogP contribution in [0.15, 0.2) is 4.42 Å². The molecule has 0 unspecified atom stereocenters. The van der Waals surface area contributed by atoms with E-state index in [1.807, 2.05) is 11.8 Å². The largest absolute Gasteiger partial charge is 0.461 e. The van der Waals surface area contributed by atoms with Gasteiger partial charge in [-0.15, -0.1) is 0 Å². The molecule has 1 aromatic heterocycles. The van der Waals surface area contributed by atoms with Gasteiger partial charge in [-0.05, 0) is 19.3 Å². The van der Waals surface area contributed by atoms with E-state index in [1.54, 1.807) is 7.11 Å². The number of rotatable bonds is 8. The Labute approximate surface area is 143 Å². The molecule has 0 bridgehead atoms. The molecule has 7 nitrogen and oxygen atoms in total. The third-order valence-electron chi connectivity index (χ3n) is 4.27. The first-order valence-electron chi connectivity index (χ1n) is 8.80. The maximum Gasteiger partial charge on any atom is 0.360 e. The van der Waals surface area contributed by atoms with Crippen molar-refractivity contribution in [3.63, 3.8) is 0 Å². The first-order chi connectivity index (χ1) is 11.6. The molecule has 1 saturated heterocycles. The van der Waals surface area contributed by atoms with E-state index < -0.39 is 5.97 Å². The molecule has 136 valence electrons. The molecule has 7 heteroatoms. The van der Waals surface area contributed by atoms with Gasteiger partial charge in [-0.2, -0.15) is 4.98 Å². The van der Waals surface area contributed by atoms with Crippen molar-refractivity contribution in [1.82, 2.24) is 4.98 Å². The molecule has 0 spiro atoms. The molecule has 2 atom stereocenters. The molecule has 2 rings (SSSR count). The van der Waals surface area contributed by atoms with Crippen molar-refractivity contribution in [2.75, 3.05) is 31.7 Å². The number of ether oxygens (including phenoxy) is 2. The molecule has 1 aromatic rings. The number of anilines is 1. The normalized spacial score (nSPS) is 21.1. The molecule has 0 aromatic carbocycles. The molecule has 0 saturated carbocycles. The number of methoxy groups -OCH3 is 1. The number of piperidine rings is 1. The number of carbonyl (C=O) groups excluding carboxylic acids is 1. The molecule has 1 aliphatic rings. The summed E-state index contributed by atoms with van der Waals surface area (Å²) in [5, 5.41) is 0. The van der Waals surface area contributed by atoms with Crippen molar-refractivity contribution < 1.29 is 18.7 Å². The lowest BCUT2D eigenvalue weighted by Crippen LogP contribution is -2.51. The van der Waals surface area contributed by atoms with Gasteiger partial charge in [-0.1, -0.05) is 20.3 Å². The Morgan fingerprint density at radius 1 is 1.42 bits per heavy atom. The number of hydrogen-bond donors (Lipinski definition) is 1. The molecule has 1 aliphatic heterocycles. The standard InChI is InChI=1S/C17H29N3O4/c1-4-6-10-23-16(21)15-13(7-5-2)24-17(19-15)20-9-8-12(18)14(11-20)22-3/h12,14H,4-11,18H2,1-3H3/t12-,14+/m1/s1. The van der Waals surface area contributed by atoms with Gasteiger partial charge in [0.1, 0.15) is 5.76 Å². The van der Waals surface area contributed by atoms with Crippen molar-refractivity contribution in [1.29, 1.82) is 0 Å². The third-order valence-corrected chi connectivity index (χ3v) is 4.27. The smallest absolute Gasteiger partial charge is 0.360 e. The second kappa shape index (κ2) is 9.03. The highest BCUT2D eigenvalue weighted by Crippen LogP contribution is 2.24. The number of aryl methyl sites for hydroxylation is 1. The molecular weight excluding hydrogens is 310 g/mol. The fraction of sp³-hybridized carbons (Fsp3) is 0.765. The van der Waals surface area contributed by atoms with Gasteiger partial charge in [0.05, 0.1) is 19.3 Å². The minimum absolute atomic E-state index is 0.00908. The quantitative estimate of drug-likeness (QED) is 0.573. The van der Waals surface area contributed by atoms with Crippen LogP contribution in [0.5, 0.6) is 0 Å². The van der Waals surface area contributed by atoms with Gasteiger partial charge in [0.15, 0.2) is 5.69 Å². The van der Waals surface area contributed by atoms with Crippen molar-refractivity contribution in [3.8, 4) is 0 Å². The summed E-state index contributed by atoms with van der Waals surface area (Å²) in [6.07, 6.45) is 4.08. The molecule has 2 heterocycles. The number of esters is 1. The Balaban J connectivity index is 2.13. The molecular formula is C17H29N3O4. The SMILES string of the molecule is CCCCOC(=O)c1nc(N2CC[C@@H](N)[C@@H](OC)C2)oc1CCC. The van der Waals surface area contributed by atoms with Crippen molar-refractivity contribution in [2.45, 2.75) is 58.1 Å².